The number of hydrogen-bond donors (Lipinski definition) is 1. The number of halogens is 1. The third-order valence-electron chi connectivity index (χ3n) is 2.95. The summed E-state index contributed by atoms with van der Waals surface area (Å²) in [6, 6.07) is 10.3. The SMILES string of the molecule is Cc1cc(S(=O)(=O)Nc2cccc(S(C)(=O)=O)c2)ccc1Br. The summed E-state index contributed by atoms with van der Waals surface area (Å²) in [5.74, 6) is 0. The number of anilines is 1. The molecule has 0 fully saturated rings. The van der Waals surface area contributed by atoms with Crippen LogP contribution in [0.15, 0.2) is 56.7 Å². The maximum atomic E-state index is 12.4. The van der Waals surface area contributed by atoms with Gasteiger partial charge in [-0.15, -0.1) is 0 Å². The molecule has 0 aliphatic rings. The Hall–Kier alpha value is -1.38. The summed E-state index contributed by atoms with van der Waals surface area (Å²) in [7, 11) is -7.18. The lowest BCUT2D eigenvalue weighted by Crippen LogP contribution is -2.13. The fourth-order valence-corrected chi connectivity index (χ4v) is 3.84. The van der Waals surface area contributed by atoms with Crippen LogP contribution in [-0.2, 0) is 19.9 Å². The van der Waals surface area contributed by atoms with E-state index in [0.29, 0.717) is 0 Å². The molecule has 0 unspecified atom stereocenters. The highest BCUT2D eigenvalue weighted by atomic mass is 79.9. The topological polar surface area (TPSA) is 80.3 Å². The summed E-state index contributed by atoms with van der Waals surface area (Å²) in [5.41, 5.74) is 0.983. The number of aryl methyl sites for hydroxylation is 1. The first kappa shape index (κ1) is 17.0. The molecule has 0 amide bonds. The number of nitrogens with one attached hydrogen (secondary N) is 1. The third kappa shape index (κ3) is 3.88. The summed E-state index contributed by atoms with van der Waals surface area (Å²) in [4.78, 5) is 0.164. The molecule has 0 saturated carbocycles. The van der Waals surface area contributed by atoms with E-state index in [1.807, 2.05) is 0 Å². The van der Waals surface area contributed by atoms with Gasteiger partial charge in [0.2, 0.25) is 0 Å². The normalized spacial score (nSPS) is 12.1. The van der Waals surface area contributed by atoms with E-state index in [1.165, 1.54) is 36.4 Å². The van der Waals surface area contributed by atoms with Crippen molar-refractivity contribution in [1.82, 2.24) is 0 Å². The number of hydrogen-bond acceptors (Lipinski definition) is 4. The highest BCUT2D eigenvalue weighted by Gasteiger charge is 2.16. The Morgan fingerprint density at radius 3 is 2.23 bits per heavy atom. The standard InChI is InChI=1S/C14H14BrNO4S2/c1-10-8-13(6-7-14(10)15)22(19,20)16-11-4-3-5-12(9-11)21(2,17)18/h3-9,16H,1-2H3. The van der Waals surface area contributed by atoms with Gasteiger partial charge >= 0.3 is 0 Å². The minimum atomic E-state index is -3.78. The molecule has 0 radical (unpaired) electrons. The van der Waals surface area contributed by atoms with Gasteiger partial charge in [-0.1, -0.05) is 22.0 Å². The van der Waals surface area contributed by atoms with E-state index in [4.69, 9.17) is 0 Å². The number of rotatable bonds is 4. The second-order valence-corrected chi connectivity index (χ2v) is 9.37. The second-order valence-electron chi connectivity index (χ2n) is 4.82. The van der Waals surface area contributed by atoms with Crippen LogP contribution in [0.2, 0.25) is 0 Å². The average molecular weight is 404 g/mol. The van der Waals surface area contributed by atoms with E-state index in [1.54, 1.807) is 13.0 Å². The first-order chi connectivity index (χ1) is 10.1. The van der Waals surface area contributed by atoms with Crippen LogP contribution in [0.3, 0.4) is 0 Å². The van der Waals surface area contributed by atoms with Gasteiger partial charge in [0.15, 0.2) is 9.84 Å². The van der Waals surface area contributed by atoms with Gasteiger partial charge in [0.25, 0.3) is 10.0 Å². The van der Waals surface area contributed by atoms with E-state index in [0.717, 1.165) is 16.3 Å². The Morgan fingerprint density at radius 1 is 0.955 bits per heavy atom. The largest absolute Gasteiger partial charge is 0.280 e. The molecule has 2 aromatic rings. The molecule has 5 nitrogen and oxygen atoms in total. The predicted molar refractivity (Wildman–Crippen MR) is 89.2 cm³/mol. The Bertz CT molecular complexity index is 922. The Labute approximate surface area is 138 Å². The second kappa shape index (κ2) is 6.02. The molecule has 1 N–H and O–H groups in total. The third-order valence-corrected chi connectivity index (χ3v) is 6.33. The minimum absolute atomic E-state index is 0.0553. The van der Waals surface area contributed by atoms with Gasteiger partial charge in [-0.25, -0.2) is 16.8 Å². The van der Waals surface area contributed by atoms with Crippen LogP contribution in [0.5, 0.6) is 0 Å². The molecule has 22 heavy (non-hydrogen) atoms. The first-order valence-corrected chi connectivity index (χ1v) is 10.4. The van der Waals surface area contributed by atoms with Crippen molar-refractivity contribution in [3.8, 4) is 0 Å². The molecule has 0 bridgehead atoms. The first-order valence-electron chi connectivity index (χ1n) is 6.19. The lowest BCUT2D eigenvalue weighted by atomic mass is 10.2. The Balaban J connectivity index is 2.39. The van der Waals surface area contributed by atoms with Crippen LogP contribution >= 0.6 is 15.9 Å². The van der Waals surface area contributed by atoms with Crippen molar-refractivity contribution in [2.24, 2.45) is 0 Å². The molecule has 2 rings (SSSR count). The van der Waals surface area contributed by atoms with Gasteiger partial charge < -0.3 is 0 Å². The fraction of sp³-hybridized carbons (Fsp3) is 0.143. The Morgan fingerprint density at radius 2 is 1.64 bits per heavy atom. The van der Waals surface area contributed by atoms with Gasteiger partial charge in [-0.2, -0.15) is 0 Å². The summed E-state index contributed by atoms with van der Waals surface area (Å²) in [6.07, 6.45) is 1.07. The zero-order valence-corrected chi connectivity index (χ0v) is 15.1. The van der Waals surface area contributed by atoms with Crippen molar-refractivity contribution in [3.63, 3.8) is 0 Å². The van der Waals surface area contributed by atoms with Crippen molar-refractivity contribution in [2.75, 3.05) is 11.0 Å². The zero-order chi connectivity index (χ0) is 16.5. The van der Waals surface area contributed by atoms with Crippen molar-refractivity contribution < 1.29 is 16.8 Å². The van der Waals surface area contributed by atoms with Crippen LogP contribution in [0.25, 0.3) is 0 Å². The molecule has 8 heteroatoms. The van der Waals surface area contributed by atoms with Crippen molar-refractivity contribution in [2.45, 2.75) is 16.7 Å². The van der Waals surface area contributed by atoms with Gasteiger partial charge in [0.05, 0.1) is 15.5 Å². The van der Waals surface area contributed by atoms with Gasteiger partial charge in [0, 0.05) is 10.7 Å². The Kier molecular flexibility index (Phi) is 4.65. The lowest BCUT2D eigenvalue weighted by Gasteiger charge is -2.10. The summed E-state index contributed by atoms with van der Waals surface area (Å²) < 4.78 is 50.9. The molecule has 0 atom stereocenters. The van der Waals surface area contributed by atoms with Gasteiger partial charge in [0.1, 0.15) is 0 Å². The number of sulfonamides is 1. The molecule has 0 aromatic heterocycles. The van der Waals surface area contributed by atoms with E-state index >= 15 is 0 Å². The maximum Gasteiger partial charge on any atom is 0.261 e. The smallest absolute Gasteiger partial charge is 0.261 e. The van der Waals surface area contributed by atoms with Gasteiger partial charge in [-0.05, 0) is 48.9 Å². The van der Waals surface area contributed by atoms with Crippen molar-refractivity contribution in [1.29, 1.82) is 0 Å². The van der Waals surface area contributed by atoms with E-state index < -0.39 is 19.9 Å². The molecule has 0 saturated heterocycles. The van der Waals surface area contributed by atoms with Crippen LogP contribution < -0.4 is 4.72 Å². The van der Waals surface area contributed by atoms with Crippen LogP contribution in [0.1, 0.15) is 5.56 Å². The molecule has 0 heterocycles. The highest BCUT2D eigenvalue weighted by Crippen LogP contribution is 2.23. The monoisotopic (exact) mass is 403 g/mol. The molecular weight excluding hydrogens is 390 g/mol. The lowest BCUT2D eigenvalue weighted by molar-refractivity contribution is 0.599. The van der Waals surface area contributed by atoms with Crippen molar-refractivity contribution in [3.05, 3.63) is 52.5 Å². The maximum absolute atomic E-state index is 12.4. The zero-order valence-electron chi connectivity index (χ0n) is 11.9. The molecule has 0 spiro atoms. The summed E-state index contributed by atoms with van der Waals surface area (Å²) in [6.45, 7) is 1.79. The number of sulfone groups is 1. The summed E-state index contributed by atoms with van der Waals surface area (Å²) in [5, 5.41) is 0. The van der Waals surface area contributed by atoms with E-state index in [-0.39, 0.29) is 15.5 Å². The molecular formula is C14H14BrNO4S2. The molecule has 2 aromatic carbocycles. The van der Waals surface area contributed by atoms with Crippen LogP contribution in [0.4, 0.5) is 5.69 Å². The minimum Gasteiger partial charge on any atom is -0.280 e. The molecule has 118 valence electrons. The number of benzene rings is 2. The van der Waals surface area contributed by atoms with Gasteiger partial charge in [-0.3, -0.25) is 4.72 Å². The predicted octanol–water partition coefficient (Wildman–Crippen LogP) is 2.96. The quantitative estimate of drug-likeness (QED) is 0.850. The highest BCUT2D eigenvalue weighted by molar-refractivity contribution is 9.10. The van der Waals surface area contributed by atoms with E-state index in [9.17, 15) is 16.8 Å². The average Bonchev–Trinajstić information content (AvgIpc) is 2.40. The summed E-state index contributed by atoms with van der Waals surface area (Å²) >= 11 is 3.31. The van der Waals surface area contributed by atoms with E-state index in [2.05, 4.69) is 20.7 Å². The molecule has 0 aliphatic carbocycles. The van der Waals surface area contributed by atoms with Crippen LogP contribution in [0, 0.1) is 6.92 Å². The fourth-order valence-electron chi connectivity index (χ4n) is 1.79. The van der Waals surface area contributed by atoms with Crippen LogP contribution in [-0.4, -0.2) is 23.1 Å². The van der Waals surface area contributed by atoms with Crippen molar-refractivity contribution >= 4 is 41.5 Å². The molecule has 0 aliphatic heterocycles.